The predicted molar refractivity (Wildman–Crippen MR) is 498 cm³/mol. The number of carboxylic acid groups (broad SMARTS) is 3. The van der Waals surface area contributed by atoms with E-state index in [0.717, 1.165) is 30.3 Å². The number of hydrogen-bond donors (Lipinski definition) is 6. The molecule has 9 aliphatic rings. The molecule has 0 spiro atoms. The number of halogens is 9. The third kappa shape index (κ3) is 20.6. The van der Waals surface area contributed by atoms with Gasteiger partial charge in [-0.15, -0.1) is 34.0 Å². The number of carbonyl (C=O) groups is 9. The Balaban J connectivity index is 0.000000147. The van der Waals surface area contributed by atoms with Crippen molar-refractivity contribution in [3.05, 3.63) is 275 Å². The number of benzene rings is 6. The number of fused-ring (bicyclic) bond motifs is 3. The van der Waals surface area contributed by atoms with Crippen molar-refractivity contribution in [1.29, 1.82) is 0 Å². The minimum absolute atomic E-state index is 0.0270. The maximum absolute atomic E-state index is 14.9. The van der Waals surface area contributed by atoms with E-state index in [1.165, 1.54) is 91.2 Å². The summed E-state index contributed by atoms with van der Waals surface area (Å²) in [5.74, 6) is -7.45. The predicted octanol–water partition coefficient (Wildman–Crippen LogP) is 14.0. The molecule has 9 aliphatic heterocycles. The minimum atomic E-state index is -1.39. The highest BCUT2D eigenvalue weighted by molar-refractivity contribution is 7.12. The first-order valence-corrected chi connectivity index (χ1v) is 46.7. The Morgan fingerprint density at radius 1 is 0.415 bits per heavy atom. The minimum Gasteiger partial charge on any atom is -0.478 e. The van der Waals surface area contributed by atoms with Gasteiger partial charge in [0, 0.05) is 203 Å². The van der Waals surface area contributed by atoms with E-state index in [4.69, 9.17) is 92.3 Å². The first-order valence-electron chi connectivity index (χ1n) is 42.2. The standard InChI is InChI=1S/2C30H27Cl2FN6O5S.C30H27ClF2N6O5S/c1-2-44-29(42)24-22(35-26(27-34-7-10-45-27)36-25(24)19-5-4-17(31)12-20(19)32)15-37-8-9-38-18(13-37)14-39(30(38)43)23-6-3-16(28(40)41)11-21(23)33;1-2-44-29(42)24-23(35-26(27-34-7-10-45-27)36-25(24)19-5-3-16(31)11-21(19)32)15-37-8-9-38-18(13-37)14-39(30(38)43)17-4-6-20(28(40)41)22(33)12-17;1-2-44-29(42)24-23(35-26(27-34-7-10-45-27)36-25(24)19-5-3-16(32)11-21(19)31)15-37-8-9-38-18(13-37)14-39(30(38)43)17-4-6-20(28(40)41)22(33)12-17/h3*3-7,10-12,18,25H,2,8-9,13-15H2,1H3,(H,35,36)(H,40,41)/t3*18-,25-/m000/s1. The second-order valence-corrected chi connectivity index (χ2v) is 36.5. The largest absolute Gasteiger partial charge is 0.478 e. The van der Waals surface area contributed by atoms with E-state index < -0.39 is 88.3 Å². The van der Waals surface area contributed by atoms with Crippen molar-refractivity contribution in [1.82, 2.24) is 60.3 Å². The summed E-state index contributed by atoms with van der Waals surface area (Å²) in [5, 5.41) is 46.5. The zero-order chi connectivity index (χ0) is 95.5. The number of nitrogens with zero attached hydrogens (tertiary/aromatic N) is 15. The molecule has 6 amide bonds. The number of rotatable bonds is 24. The van der Waals surface area contributed by atoms with E-state index in [2.05, 4.69) is 45.6 Å². The molecular weight excluding hydrogens is 1920 g/mol. The summed E-state index contributed by atoms with van der Waals surface area (Å²) in [7, 11) is 0. The molecule has 0 aliphatic carbocycles. The number of amidine groups is 3. The highest BCUT2D eigenvalue weighted by atomic mass is 35.5. The van der Waals surface area contributed by atoms with E-state index in [9.17, 15) is 70.9 Å². The number of carboxylic acids is 3. The van der Waals surface area contributed by atoms with Crippen LogP contribution in [0.2, 0.25) is 25.1 Å². The summed E-state index contributed by atoms with van der Waals surface area (Å²) in [4.78, 5) is 157. The number of aromatic nitrogens is 3. The number of ether oxygens (including phenoxy) is 3. The normalized spacial score (nSPS) is 20.2. The lowest BCUT2D eigenvalue weighted by Gasteiger charge is -2.38. The smallest absolute Gasteiger partial charge is 0.338 e. The molecule has 12 heterocycles. The average molecular weight is 2000 g/mol. The first-order chi connectivity index (χ1) is 64.9. The Bertz CT molecular complexity index is 6150. The molecule has 6 saturated heterocycles. The van der Waals surface area contributed by atoms with E-state index in [0.29, 0.717) is 170 Å². The van der Waals surface area contributed by atoms with Gasteiger partial charge in [0.1, 0.15) is 41.4 Å². The number of hydrogen-bond acceptors (Lipinski definition) is 27. The number of urea groups is 3. The summed E-state index contributed by atoms with van der Waals surface area (Å²) < 4.78 is 74.2. The van der Waals surface area contributed by atoms with Gasteiger partial charge in [0.25, 0.3) is 0 Å². The van der Waals surface area contributed by atoms with Gasteiger partial charge in [0.15, 0.2) is 32.5 Å². The molecule has 0 bridgehead atoms. The van der Waals surface area contributed by atoms with Crippen LogP contribution < -0.4 is 30.7 Å². The lowest BCUT2D eigenvalue weighted by molar-refractivity contribution is -0.139. The van der Waals surface area contributed by atoms with Gasteiger partial charge in [-0.2, -0.15) is 0 Å². The van der Waals surface area contributed by atoms with Gasteiger partial charge >= 0.3 is 53.9 Å². The number of nitrogens with one attached hydrogen (secondary N) is 3. The molecule has 6 aromatic carbocycles. The van der Waals surface area contributed by atoms with Crippen LogP contribution in [0.4, 0.5) is 49.0 Å². The SMILES string of the molecule is CCOC(=O)C1=C(CN2CCN3C(=O)N(c4ccc(C(=O)O)c(F)c4)C[C@@H]3C2)NC(c2nccs2)=N[C@H]1c1ccc(Cl)cc1Cl.CCOC(=O)C1=C(CN2CCN3C(=O)N(c4ccc(C(=O)O)c(F)c4)C[C@@H]3C2)NC(c2nccs2)=N[C@H]1c1ccc(F)cc1Cl.CCOC(=O)C1=C(CN2CCN3C(=O)N(c4ccc(C(=O)O)cc4F)C[C@@H]3C2)NC(c2nccs2)=N[C@H]1c1ccc(Cl)cc1Cl. The van der Waals surface area contributed by atoms with E-state index in [1.54, 1.807) is 95.8 Å². The van der Waals surface area contributed by atoms with Crippen molar-refractivity contribution in [2.45, 2.75) is 57.0 Å². The van der Waals surface area contributed by atoms with Crippen LogP contribution in [-0.4, -0.2) is 267 Å². The summed E-state index contributed by atoms with van der Waals surface area (Å²) >= 11 is 36.2. The number of amides is 6. The van der Waals surface area contributed by atoms with Gasteiger partial charge in [-0.1, -0.05) is 76.2 Å². The number of piperazine rings is 3. The molecule has 6 fully saturated rings. The fourth-order valence-electron chi connectivity index (χ4n) is 17.3. The van der Waals surface area contributed by atoms with Crippen LogP contribution in [-0.2, 0) is 28.6 Å². The average Bonchev–Trinajstić information content (AvgIpc) is 1.39. The van der Waals surface area contributed by atoms with Crippen molar-refractivity contribution >= 4 is 180 Å². The lowest BCUT2D eigenvalue weighted by atomic mass is 9.95. The number of aromatic carboxylic acids is 3. The summed E-state index contributed by atoms with van der Waals surface area (Å²) in [6, 6.07) is 20.6. The molecule has 702 valence electrons. The van der Waals surface area contributed by atoms with Crippen LogP contribution >= 0.6 is 92.0 Å². The Kier molecular flexibility index (Phi) is 29.3. The number of carbonyl (C=O) groups excluding carboxylic acids is 6. The van der Waals surface area contributed by atoms with Crippen LogP contribution in [0.1, 0.15) is 102 Å². The van der Waals surface area contributed by atoms with Gasteiger partial charge in [0.2, 0.25) is 0 Å². The third-order valence-electron chi connectivity index (χ3n) is 23.5. The van der Waals surface area contributed by atoms with Crippen molar-refractivity contribution in [2.24, 2.45) is 15.0 Å². The molecule has 0 radical (unpaired) electrons. The van der Waals surface area contributed by atoms with Crippen LogP contribution in [0.3, 0.4) is 0 Å². The molecule has 6 atom stereocenters. The molecule has 135 heavy (non-hydrogen) atoms. The van der Waals surface area contributed by atoms with E-state index >= 15 is 0 Å². The molecule has 33 nitrogen and oxygen atoms in total. The molecule has 18 rings (SSSR count). The molecule has 0 unspecified atom stereocenters. The van der Waals surface area contributed by atoms with Crippen molar-refractivity contribution in [3.8, 4) is 0 Å². The number of aliphatic imine (C=N–C) groups is 3. The van der Waals surface area contributed by atoms with Crippen molar-refractivity contribution in [2.75, 3.05) is 133 Å². The van der Waals surface area contributed by atoms with Gasteiger partial charge in [-0.05, 0) is 112 Å². The monoisotopic (exact) mass is 2000 g/mol. The van der Waals surface area contributed by atoms with E-state index in [-0.39, 0.29) is 115 Å². The fraction of sp³-hybridized carbons (Fsp3) is 0.300. The second kappa shape index (κ2) is 41.4. The Morgan fingerprint density at radius 3 is 1.09 bits per heavy atom. The topological polar surface area (TPSA) is 383 Å². The fourth-order valence-corrected chi connectivity index (χ4v) is 20.4. The Labute approximate surface area is 804 Å². The van der Waals surface area contributed by atoms with Crippen molar-refractivity contribution < 1.29 is 90.2 Å². The van der Waals surface area contributed by atoms with Gasteiger partial charge in [-0.3, -0.25) is 44.4 Å². The molecule has 3 aromatic heterocycles. The quantitative estimate of drug-likeness (QED) is 0.0186. The molecule has 6 N–H and O–H groups in total. The van der Waals surface area contributed by atoms with Gasteiger partial charge < -0.3 is 60.2 Å². The maximum atomic E-state index is 14.9. The van der Waals surface area contributed by atoms with E-state index in [1.807, 2.05) is 10.8 Å². The Hall–Kier alpha value is -12.5. The first kappa shape index (κ1) is 95.7. The molecule has 0 saturated carbocycles. The highest BCUT2D eigenvalue weighted by Crippen LogP contribution is 2.44. The van der Waals surface area contributed by atoms with Crippen LogP contribution in [0.5, 0.6) is 0 Å². The van der Waals surface area contributed by atoms with Gasteiger partial charge in [0.05, 0.1) is 77.0 Å². The van der Waals surface area contributed by atoms with Crippen molar-refractivity contribution in [3.63, 3.8) is 0 Å². The zero-order valence-electron chi connectivity index (χ0n) is 71.6. The van der Waals surface area contributed by atoms with Gasteiger partial charge in [-0.25, -0.2) is 75.7 Å². The second-order valence-electron chi connectivity index (χ2n) is 31.7. The highest BCUT2D eigenvalue weighted by Gasteiger charge is 2.48. The molecule has 9 aromatic rings. The van der Waals surface area contributed by atoms with Crippen LogP contribution in [0, 0.1) is 23.3 Å². The molecule has 45 heteroatoms. The number of thiazole rings is 3. The summed E-state index contributed by atoms with van der Waals surface area (Å²) in [6.45, 7) is 11.1. The van der Waals surface area contributed by atoms with Crippen LogP contribution in [0.25, 0.3) is 0 Å². The zero-order valence-corrected chi connectivity index (χ0v) is 77.9. The summed E-state index contributed by atoms with van der Waals surface area (Å²) in [6.07, 6.45) is 4.97. The lowest BCUT2D eigenvalue weighted by Crippen LogP contribution is -2.53. The number of esters is 3. The summed E-state index contributed by atoms with van der Waals surface area (Å²) in [5.41, 5.74) is 3.54. The third-order valence-corrected chi connectivity index (χ3v) is 27.3. The number of anilines is 3. The van der Waals surface area contributed by atoms with Crippen LogP contribution in [0.15, 0.2) is 193 Å². The maximum Gasteiger partial charge on any atom is 0.338 e. The Morgan fingerprint density at radius 2 is 0.770 bits per heavy atom. The molecular formula is C90H81Cl5F4N18O15S3.